The minimum atomic E-state index is -0.245. The van der Waals surface area contributed by atoms with E-state index in [1.165, 1.54) is 0 Å². The van der Waals surface area contributed by atoms with Crippen molar-refractivity contribution in [1.29, 1.82) is 0 Å². The second-order valence-electron chi connectivity index (χ2n) is 11.6. The summed E-state index contributed by atoms with van der Waals surface area (Å²) in [6, 6.07) is 24.2. The van der Waals surface area contributed by atoms with E-state index in [1.807, 2.05) is 66.7 Å². The molecule has 0 atom stereocenters. The van der Waals surface area contributed by atoms with E-state index in [1.54, 1.807) is 17.0 Å². The van der Waals surface area contributed by atoms with E-state index >= 15 is 0 Å². The number of hydrogen-bond donors (Lipinski definition) is 3. The van der Waals surface area contributed by atoms with E-state index in [-0.39, 0.29) is 49.3 Å². The third kappa shape index (κ3) is 9.22. The number of benzene rings is 4. The van der Waals surface area contributed by atoms with Crippen molar-refractivity contribution in [3.8, 4) is 23.3 Å². The van der Waals surface area contributed by atoms with Crippen molar-refractivity contribution in [3.05, 3.63) is 101 Å². The summed E-state index contributed by atoms with van der Waals surface area (Å²) >= 11 is 0. The molecule has 9 nitrogen and oxygen atoms in total. The van der Waals surface area contributed by atoms with E-state index in [9.17, 15) is 24.6 Å². The molecule has 0 unspecified atom stereocenters. The average Bonchev–Trinajstić information content (AvgIpc) is 3.08. The number of anilines is 1. The van der Waals surface area contributed by atoms with Gasteiger partial charge in [-0.1, -0.05) is 54.3 Å². The van der Waals surface area contributed by atoms with Gasteiger partial charge in [-0.05, 0) is 60.2 Å². The number of ether oxygens (including phenoxy) is 2. The normalized spacial score (nSPS) is 11.8. The molecule has 0 spiro atoms. The summed E-state index contributed by atoms with van der Waals surface area (Å²) < 4.78 is 11.4. The second-order valence-corrected chi connectivity index (χ2v) is 11.6. The van der Waals surface area contributed by atoms with Crippen molar-refractivity contribution in [2.24, 2.45) is 0 Å². The van der Waals surface area contributed by atoms with Gasteiger partial charge in [-0.3, -0.25) is 14.4 Å². The minimum absolute atomic E-state index is 0.0168. The van der Waals surface area contributed by atoms with Crippen LogP contribution < -0.4 is 15.0 Å². The number of carbonyl (C=O) groups is 3. The van der Waals surface area contributed by atoms with Crippen molar-refractivity contribution >= 4 is 34.1 Å². The molecule has 0 radical (unpaired) electrons. The number of ketones is 1. The summed E-state index contributed by atoms with van der Waals surface area (Å²) in [5.41, 5.74) is 3.87. The predicted molar refractivity (Wildman–Crippen MR) is 184 cm³/mol. The summed E-state index contributed by atoms with van der Waals surface area (Å²) in [5, 5.41) is 23.9. The van der Waals surface area contributed by atoms with Crippen LogP contribution in [0.2, 0.25) is 0 Å². The Bertz CT molecular complexity index is 1820. The molecular formula is C39H40N2O7. The zero-order valence-corrected chi connectivity index (χ0v) is 26.9. The molecule has 1 heterocycles. The standard InChI is InChI=1S/C39H40N2O7/c42-27-32-24-30-11-5-15-37(34(30)25-36(32)44)48-23-22-47-21-7-13-33(43)12-6-16-38(45)40-20-19-39(46)41-26-31-10-2-1-8-28(31)17-18-29-9-3-4-14-35(29)41/h1-5,8-11,14-15,24-25,42,44H,6-7,12-13,16,19-23,26-27H2,(H,40,45). The number of para-hydroxylation sites is 1. The van der Waals surface area contributed by atoms with Crippen LogP contribution in [0.15, 0.2) is 78.9 Å². The van der Waals surface area contributed by atoms with Crippen molar-refractivity contribution in [1.82, 2.24) is 5.32 Å². The van der Waals surface area contributed by atoms with Gasteiger partial charge in [0, 0.05) is 60.9 Å². The lowest BCUT2D eigenvalue weighted by Gasteiger charge is -2.26. The number of Topliss-reactive ketones (excluding diaryl/α,β-unsaturated/α-hetero) is 1. The first-order chi connectivity index (χ1) is 23.4. The molecule has 1 aliphatic rings. The number of hydrogen-bond acceptors (Lipinski definition) is 7. The lowest BCUT2D eigenvalue weighted by Crippen LogP contribution is -2.35. The Labute approximate surface area is 280 Å². The number of rotatable bonds is 16. The number of amides is 2. The van der Waals surface area contributed by atoms with Gasteiger partial charge >= 0.3 is 0 Å². The molecule has 5 rings (SSSR count). The van der Waals surface area contributed by atoms with Crippen LogP contribution in [0.3, 0.4) is 0 Å². The average molecular weight is 649 g/mol. The Hall–Kier alpha value is -5.17. The smallest absolute Gasteiger partial charge is 0.229 e. The number of aromatic hydroxyl groups is 1. The summed E-state index contributed by atoms with van der Waals surface area (Å²) in [7, 11) is 0. The van der Waals surface area contributed by atoms with E-state index in [4.69, 9.17) is 9.47 Å². The summed E-state index contributed by atoms with van der Waals surface area (Å²) in [4.78, 5) is 39.7. The largest absolute Gasteiger partial charge is 0.508 e. The van der Waals surface area contributed by atoms with E-state index < -0.39 is 0 Å². The van der Waals surface area contributed by atoms with Gasteiger partial charge in [0.1, 0.15) is 23.9 Å². The fraction of sp³-hybridized carbons (Fsp3) is 0.308. The zero-order chi connectivity index (χ0) is 33.7. The fourth-order valence-electron chi connectivity index (χ4n) is 5.58. The second kappa shape index (κ2) is 17.1. The Kier molecular flexibility index (Phi) is 12.2. The van der Waals surface area contributed by atoms with Gasteiger partial charge in [0.25, 0.3) is 0 Å². The summed E-state index contributed by atoms with van der Waals surface area (Å²) in [6.45, 7) is 1.45. The van der Waals surface area contributed by atoms with Crippen LogP contribution in [-0.4, -0.2) is 54.2 Å². The zero-order valence-electron chi connectivity index (χ0n) is 26.9. The van der Waals surface area contributed by atoms with Crippen LogP contribution in [0.25, 0.3) is 10.8 Å². The van der Waals surface area contributed by atoms with Gasteiger partial charge in [-0.15, -0.1) is 0 Å². The molecule has 3 N–H and O–H groups in total. The van der Waals surface area contributed by atoms with Crippen molar-refractivity contribution in [3.63, 3.8) is 0 Å². The molecule has 0 bridgehead atoms. The SMILES string of the molecule is O=C(CCCOCCOc1cccc2cc(CO)c(O)cc12)CCCC(=O)NCCC(=O)N1Cc2ccccc2C#Cc2ccccc21. The number of aliphatic hydroxyl groups excluding tert-OH is 1. The minimum Gasteiger partial charge on any atom is -0.508 e. The van der Waals surface area contributed by atoms with Gasteiger partial charge in [-0.2, -0.15) is 0 Å². The van der Waals surface area contributed by atoms with E-state index in [0.717, 1.165) is 33.2 Å². The van der Waals surface area contributed by atoms with Crippen LogP contribution in [0.5, 0.6) is 11.5 Å². The highest BCUT2D eigenvalue weighted by atomic mass is 16.5. The molecule has 0 aromatic heterocycles. The van der Waals surface area contributed by atoms with Crippen LogP contribution in [0, 0.1) is 11.8 Å². The maximum Gasteiger partial charge on any atom is 0.229 e. The van der Waals surface area contributed by atoms with Gasteiger partial charge < -0.3 is 29.9 Å². The Balaban J connectivity index is 0.943. The first kappa shape index (κ1) is 34.2. The predicted octanol–water partition coefficient (Wildman–Crippen LogP) is 5.41. The highest BCUT2D eigenvalue weighted by molar-refractivity contribution is 5.95. The van der Waals surface area contributed by atoms with E-state index in [2.05, 4.69) is 17.2 Å². The lowest BCUT2D eigenvalue weighted by atomic mass is 10.0. The molecule has 2 amide bonds. The molecule has 0 saturated carbocycles. The molecule has 9 heteroatoms. The van der Waals surface area contributed by atoms with Crippen molar-refractivity contribution < 1.29 is 34.1 Å². The quantitative estimate of drug-likeness (QED) is 0.110. The lowest BCUT2D eigenvalue weighted by molar-refractivity contribution is -0.122. The topological polar surface area (TPSA) is 125 Å². The summed E-state index contributed by atoms with van der Waals surface area (Å²) in [5.74, 6) is 6.82. The van der Waals surface area contributed by atoms with Crippen LogP contribution in [0.1, 0.15) is 60.8 Å². The van der Waals surface area contributed by atoms with Gasteiger partial charge in [-0.25, -0.2) is 0 Å². The molecule has 4 aromatic carbocycles. The molecule has 248 valence electrons. The molecule has 4 aromatic rings. The number of phenols is 1. The number of carbonyl (C=O) groups excluding carboxylic acids is 3. The molecular weight excluding hydrogens is 608 g/mol. The molecule has 0 aliphatic carbocycles. The Morgan fingerprint density at radius 1 is 0.812 bits per heavy atom. The van der Waals surface area contributed by atoms with Crippen LogP contribution in [-0.2, 0) is 32.3 Å². The van der Waals surface area contributed by atoms with Gasteiger partial charge in [0.15, 0.2) is 0 Å². The van der Waals surface area contributed by atoms with Crippen LogP contribution in [0.4, 0.5) is 5.69 Å². The monoisotopic (exact) mass is 648 g/mol. The van der Waals surface area contributed by atoms with E-state index in [0.29, 0.717) is 63.4 Å². The highest BCUT2D eigenvalue weighted by Crippen LogP contribution is 2.31. The number of nitrogens with zero attached hydrogens (tertiary/aromatic N) is 1. The number of fused-ring (bicyclic) bond motifs is 3. The van der Waals surface area contributed by atoms with Crippen LogP contribution >= 0.6 is 0 Å². The summed E-state index contributed by atoms with van der Waals surface area (Å²) in [6.07, 6.45) is 2.08. The fourth-order valence-corrected chi connectivity index (χ4v) is 5.58. The third-order valence-electron chi connectivity index (χ3n) is 8.13. The van der Waals surface area contributed by atoms with Gasteiger partial charge in [0.05, 0.1) is 25.4 Å². The maximum atomic E-state index is 13.3. The maximum absolute atomic E-state index is 13.3. The molecule has 0 saturated heterocycles. The van der Waals surface area contributed by atoms with Crippen molar-refractivity contribution in [2.45, 2.75) is 51.7 Å². The number of nitrogens with one attached hydrogen (secondary N) is 1. The molecule has 0 fully saturated rings. The Morgan fingerprint density at radius 2 is 1.58 bits per heavy atom. The highest BCUT2D eigenvalue weighted by Gasteiger charge is 2.21. The molecule has 1 aliphatic heterocycles. The first-order valence-electron chi connectivity index (χ1n) is 16.3. The molecule has 48 heavy (non-hydrogen) atoms. The first-order valence-corrected chi connectivity index (χ1v) is 16.3. The van der Waals surface area contributed by atoms with Crippen molar-refractivity contribution in [2.75, 3.05) is 31.3 Å². The Morgan fingerprint density at radius 3 is 2.44 bits per heavy atom. The van der Waals surface area contributed by atoms with Gasteiger partial charge in [0.2, 0.25) is 11.8 Å². The number of aliphatic hydroxyl groups is 1. The third-order valence-corrected chi connectivity index (χ3v) is 8.13.